The van der Waals surface area contributed by atoms with Crippen LogP contribution in [0.5, 0.6) is 0 Å². The van der Waals surface area contributed by atoms with Crippen LogP contribution in [0.1, 0.15) is 23.7 Å². The summed E-state index contributed by atoms with van der Waals surface area (Å²) >= 11 is 3.58. The first-order valence-electron chi connectivity index (χ1n) is 5.51. The minimum atomic E-state index is 0.499. The van der Waals surface area contributed by atoms with Gasteiger partial charge in [0.15, 0.2) is 5.82 Å². The number of aromatic nitrogens is 3. The minimum Gasteiger partial charge on any atom is -0.381 e. The van der Waals surface area contributed by atoms with E-state index in [1.54, 1.807) is 0 Å². The van der Waals surface area contributed by atoms with Crippen LogP contribution >= 0.6 is 15.9 Å². The van der Waals surface area contributed by atoms with E-state index in [4.69, 9.17) is 5.73 Å². The summed E-state index contributed by atoms with van der Waals surface area (Å²) in [4.78, 5) is 0. The molecule has 0 aliphatic carbocycles. The van der Waals surface area contributed by atoms with E-state index in [1.165, 1.54) is 5.56 Å². The first-order chi connectivity index (χ1) is 8.04. The summed E-state index contributed by atoms with van der Waals surface area (Å²) in [5.41, 5.74) is 10.1. The van der Waals surface area contributed by atoms with E-state index in [2.05, 4.69) is 52.2 Å². The van der Waals surface area contributed by atoms with Crippen LogP contribution in [0.4, 0.5) is 5.82 Å². The third kappa shape index (κ3) is 2.07. The Morgan fingerprint density at radius 2 is 2.06 bits per heavy atom. The number of hydrogen-bond acceptors (Lipinski definition) is 3. The molecule has 0 unspecified atom stereocenters. The lowest BCUT2D eigenvalue weighted by molar-refractivity contribution is 0.760. The van der Waals surface area contributed by atoms with Crippen molar-refractivity contribution in [2.24, 2.45) is 0 Å². The van der Waals surface area contributed by atoms with Gasteiger partial charge in [0.05, 0.1) is 11.4 Å². The van der Waals surface area contributed by atoms with E-state index < -0.39 is 0 Å². The Bertz CT molecular complexity index is 537. The molecule has 1 aromatic carbocycles. The molecule has 0 saturated carbocycles. The minimum absolute atomic E-state index is 0.499. The number of nitrogens with two attached hydrogens (primary N) is 1. The smallest absolute Gasteiger partial charge is 0.169 e. The fourth-order valence-electron chi connectivity index (χ4n) is 2.00. The van der Waals surface area contributed by atoms with Gasteiger partial charge < -0.3 is 5.73 Å². The Labute approximate surface area is 109 Å². The van der Waals surface area contributed by atoms with Gasteiger partial charge in [-0.15, -0.1) is 5.10 Å². The first kappa shape index (κ1) is 12.1. The molecule has 4 nitrogen and oxygen atoms in total. The van der Waals surface area contributed by atoms with Gasteiger partial charge in [-0.25, -0.2) is 4.68 Å². The molecular weight excluding hydrogens is 280 g/mol. The van der Waals surface area contributed by atoms with Gasteiger partial charge in [0.1, 0.15) is 0 Å². The van der Waals surface area contributed by atoms with E-state index in [9.17, 15) is 0 Å². The summed E-state index contributed by atoms with van der Waals surface area (Å²) in [6.45, 7) is 6.17. The fourth-order valence-corrected chi connectivity index (χ4v) is 2.84. The molecule has 0 amide bonds. The van der Waals surface area contributed by atoms with Crippen molar-refractivity contribution in [3.8, 4) is 5.69 Å². The molecule has 17 heavy (non-hydrogen) atoms. The highest BCUT2D eigenvalue weighted by Gasteiger charge is 2.14. The lowest BCUT2D eigenvalue weighted by Gasteiger charge is -2.11. The molecule has 0 aliphatic heterocycles. The van der Waals surface area contributed by atoms with Crippen molar-refractivity contribution in [1.29, 1.82) is 0 Å². The van der Waals surface area contributed by atoms with Crippen LogP contribution in [-0.2, 0) is 6.42 Å². The van der Waals surface area contributed by atoms with E-state index in [-0.39, 0.29) is 0 Å². The van der Waals surface area contributed by atoms with Crippen LogP contribution in [0.2, 0.25) is 0 Å². The summed E-state index contributed by atoms with van der Waals surface area (Å²) in [6.07, 6.45) is 0.804. The quantitative estimate of drug-likeness (QED) is 0.927. The Kier molecular flexibility index (Phi) is 3.19. The number of aryl methyl sites for hydroxylation is 2. The molecule has 2 aromatic rings. The molecule has 2 rings (SSSR count). The van der Waals surface area contributed by atoms with Gasteiger partial charge in [-0.05, 0) is 53.4 Å². The molecule has 90 valence electrons. The van der Waals surface area contributed by atoms with Crippen molar-refractivity contribution >= 4 is 21.7 Å². The predicted molar refractivity (Wildman–Crippen MR) is 72.3 cm³/mol. The first-order valence-corrected chi connectivity index (χ1v) is 6.31. The Morgan fingerprint density at radius 1 is 1.35 bits per heavy atom. The zero-order chi connectivity index (χ0) is 12.6. The van der Waals surface area contributed by atoms with Gasteiger partial charge in [0.25, 0.3) is 0 Å². The average molecular weight is 295 g/mol. The van der Waals surface area contributed by atoms with Crippen LogP contribution in [0, 0.1) is 13.8 Å². The molecule has 0 saturated heterocycles. The molecule has 0 spiro atoms. The lowest BCUT2D eigenvalue weighted by Crippen LogP contribution is -2.06. The maximum Gasteiger partial charge on any atom is 0.169 e. The Morgan fingerprint density at radius 3 is 2.65 bits per heavy atom. The van der Waals surface area contributed by atoms with Crippen LogP contribution in [0.3, 0.4) is 0 Å². The van der Waals surface area contributed by atoms with Crippen molar-refractivity contribution in [1.82, 2.24) is 15.0 Å². The average Bonchev–Trinajstić information content (AvgIpc) is 2.58. The van der Waals surface area contributed by atoms with Gasteiger partial charge in [0.2, 0.25) is 0 Å². The van der Waals surface area contributed by atoms with Crippen LogP contribution in [0.25, 0.3) is 5.69 Å². The molecule has 0 atom stereocenters. The molecule has 5 heteroatoms. The zero-order valence-electron chi connectivity index (χ0n) is 10.2. The number of halogens is 1. The molecule has 0 fully saturated rings. The third-order valence-electron chi connectivity index (χ3n) is 2.74. The summed E-state index contributed by atoms with van der Waals surface area (Å²) in [5, 5.41) is 8.06. The normalized spacial score (nSPS) is 10.8. The lowest BCUT2D eigenvalue weighted by atomic mass is 10.1. The Hall–Kier alpha value is -1.36. The van der Waals surface area contributed by atoms with Crippen molar-refractivity contribution < 1.29 is 0 Å². The molecular formula is C12H15BrN4. The molecule has 0 aliphatic rings. The van der Waals surface area contributed by atoms with Crippen molar-refractivity contribution in [2.75, 3.05) is 5.73 Å². The zero-order valence-corrected chi connectivity index (χ0v) is 11.7. The van der Waals surface area contributed by atoms with Crippen LogP contribution in [0.15, 0.2) is 16.6 Å². The van der Waals surface area contributed by atoms with Crippen molar-refractivity contribution in [2.45, 2.75) is 27.2 Å². The highest BCUT2D eigenvalue weighted by atomic mass is 79.9. The number of rotatable bonds is 2. The van der Waals surface area contributed by atoms with Crippen molar-refractivity contribution in [3.63, 3.8) is 0 Å². The second kappa shape index (κ2) is 4.49. The fraction of sp³-hybridized carbons (Fsp3) is 0.333. The molecule has 1 heterocycles. The maximum absolute atomic E-state index is 5.81. The number of nitrogen functional groups attached to an aromatic ring is 1. The number of benzene rings is 1. The van der Waals surface area contributed by atoms with Gasteiger partial charge in [0, 0.05) is 4.47 Å². The predicted octanol–water partition coefficient (Wildman–Crippen LogP) is 2.79. The molecule has 0 radical (unpaired) electrons. The highest BCUT2D eigenvalue weighted by Crippen LogP contribution is 2.27. The molecule has 1 aromatic heterocycles. The summed E-state index contributed by atoms with van der Waals surface area (Å²) in [7, 11) is 0. The van der Waals surface area contributed by atoms with Gasteiger partial charge in [-0.1, -0.05) is 18.2 Å². The topological polar surface area (TPSA) is 56.7 Å². The standard InChI is InChI=1S/C12H15BrN4/c1-4-10-12(14)15-16-17(10)11-8(3)5-7(2)6-9(11)13/h5-6H,4,14H2,1-3H3. The van der Waals surface area contributed by atoms with Gasteiger partial charge in [-0.2, -0.15) is 0 Å². The van der Waals surface area contributed by atoms with Crippen LogP contribution in [-0.4, -0.2) is 15.0 Å². The van der Waals surface area contributed by atoms with E-state index in [0.717, 1.165) is 27.8 Å². The molecule has 0 bridgehead atoms. The highest BCUT2D eigenvalue weighted by molar-refractivity contribution is 9.10. The van der Waals surface area contributed by atoms with Gasteiger partial charge >= 0.3 is 0 Å². The summed E-state index contributed by atoms with van der Waals surface area (Å²) in [6, 6.07) is 4.19. The number of anilines is 1. The van der Waals surface area contributed by atoms with Gasteiger partial charge in [-0.3, -0.25) is 0 Å². The SMILES string of the molecule is CCc1c(N)nnn1-c1c(C)cc(C)cc1Br. The van der Waals surface area contributed by atoms with E-state index in [0.29, 0.717) is 5.82 Å². The molecule has 2 N–H and O–H groups in total. The second-order valence-corrected chi connectivity index (χ2v) is 4.95. The van der Waals surface area contributed by atoms with Crippen LogP contribution < -0.4 is 5.73 Å². The second-order valence-electron chi connectivity index (χ2n) is 4.10. The van der Waals surface area contributed by atoms with E-state index >= 15 is 0 Å². The number of hydrogen-bond donors (Lipinski definition) is 1. The monoisotopic (exact) mass is 294 g/mol. The van der Waals surface area contributed by atoms with E-state index in [1.807, 2.05) is 11.6 Å². The number of nitrogens with zero attached hydrogens (tertiary/aromatic N) is 3. The summed E-state index contributed by atoms with van der Waals surface area (Å²) in [5.74, 6) is 0.499. The third-order valence-corrected chi connectivity index (χ3v) is 3.34. The Balaban J connectivity index is 2.68. The largest absolute Gasteiger partial charge is 0.381 e. The summed E-state index contributed by atoms with van der Waals surface area (Å²) < 4.78 is 2.82. The maximum atomic E-state index is 5.81. The van der Waals surface area contributed by atoms with Crippen molar-refractivity contribution in [3.05, 3.63) is 33.4 Å².